The summed E-state index contributed by atoms with van der Waals surface area (Å²) in [5, 5.41) is 0. The Balaban J connectivity index is 2.14. The normalized spacial score (nSPS) is 10.3. The van der Waals surface area contributed by atoms with Gasteiger partial charge in [0, 0.05) is 16.8 Å². The highest BCUT2D eigenvalue weighted by Crippen LogP contribution is 2.27. The fourth-order valence-corrected chi connectivity index (χ4v) is 2.36. The van der Waals surface area contributed by atoms with Crippen molar-refractivity contribution in [2.45, 2.75) is 0 Å². The Morgan fingerprint density at radius 3 is 2.05 bits per heavy atom. The lowest BCUT2D eigenvalue weighted by molar-refractivity contribution is 0.103. The van der Waals surface area contributed by atoms with Crippen LogP contribution in [0.4, 0.5) is 5.69 Å². The number of anilines is 1. The van der Waals surface area contributed by atoms with Crippen molar-refractivity contribution in [3.63, 3.8) is 0 Å². The van der Waals surface area contributed by atoms with Gasteiger partial charge >= 0.3 is 0 Å². The van der Waals surface area contributed by atoms with E-state index in [0.717, 1.165) is 11.1 Å². The molecule has 0 spiro atoms. The minimum atomic E-state index is 0.00875. The number of carbonyl (C=O) groups is 1. The van der Waals surface area contributed by atoms with E-state index in [9.17, 15) is 4.79 Å². The maximum absolute atomic E-state index is 12.7. The van der Waals surface area contributed by atoms with Crippen molar-refractivity contribution in [2.75, 3.05) is 5.73 Å². The Bertz CT molecular complexity index is 764. The minimum Gasteiger partial charge on any atom is -0.399 e. The molecular formula is C19H15NO. The zero-order valence-electron chi connectivity index (χ0n) is 11.5. The molecule has 0 aromatic heterocycles. The van der Waals surface area contributed by atoms with Crippen molar-refractivity contribution in [1.82, 2.24) is 0 Å². The summed E-state index contributed by atoms with van der Waals surface area (Å²) in [5.74, 6) is 0.00875. The summed E-state index contributed by atoms with van der Waals surface area (Å²) in [6.45, 7) is 0. The Morgan fingerprint density at radius 2 is 1.38 bits per heavy atom. The van der Waals surface area contributed by atoms with Crippen LogP contribution in [0.1, 0.15) is 15.9 Å². The number of benzene rings is 3. The van der Waals surface area contributed by atoms with Crippen molar-refractivity contribution in [2.24, 2.45) is 0 Å². The Kier molecular flexibility index (Phi) is 3.52. The Labute approximate surface area is 123 Å². The van der Waals surface area contributed by atoms with Crippen molar-refractivity contribution in [3.8, 4) is 11.1 Å². The second-order valence-corrected chi connectivity index (χ2v) is 4.87. The quantitative estimate of drug-likeness (QED) is 0.575. The standard InChI is InChI=1S/C19H15NO/c20-16-11-12-17(19(21)15-9-5-2-6-10-15)18(13-16)14-7-3-1-4-8-14/h1-13H,20H2. The molecule has 0 heterocycles. The average molecular weight is 273 g/mol. The highest BCUT2D eigenvalue weighted by molar-refractivity contribution is 6.13. The number of nitrogen functional groups attached to an aromatic ring is 1. The van der Waals surface area contributed by atoms with Crippen LogP contribution in [0.5, 0.6) is 0 Å². The van der Waals surface area contributed by atoms with E-state index < -0.39 is 0 Å². The lowest BCUT2D eigenvalue weighted by atomic mass is 9.93. The van der Waals surface area contributed by atoms with E-state index >= 15 is 0 Å². The molecule has 3 aromatic rings. The molecule has 3 aromatic carbocycles. The molecule has 0 saturated carbocycles. The van der Waals surface area contributed by atoms with Gasteiger partial charge in [-0.25, -0.2) is 0 Å². The van der Waals surface area contributed by atoms with Gasteiger partial charge in [-0.3, -0.25) is 4.79 Å². The van der Waals surface area contributed by atoms with Crippen LogP contribution in [-0.4, -0.2) is 5.78 Å². The molecule has 0 aliphatic heterocycles. The molecule has 0 unspecified atom stereocenters. The predicted molar refractivity (Wildman–Crippen MR) is 86.2 cm³/mol. The van der Waals surface area contributed by atoms with Gasteiger partial charge in [0.05, 0.1) is 0 Å². The van der Waals surface area contributed by atoms with E-state index in [1.54, 1.807) is 12.1 Å². The van der Waals surface area contributed by atoms with Gasteiger partial charge in [0.1, 0.15) is 0 Å². The first-order valence-corrected chi connectivity index (χ1v) is 6.80. The molecule has 0 aliphatic rings. The van der Waals surface area contributed by atoms with Crippen LogP contribution in [0.3, 0.4) is 0 Å². The molecule has 0 saturated heterocycles. The first kappa shape index (κ1) is 13.1. The fraction of sp³-hybridized carbons (Fsp3) is 0. The van der Waals surface area contributed by atoms with Gasteiger partial charge in [0.25, 0.3) is 0 Å². The van der Waals surface area contributed by atoms with Gasteiger partial charge in [-0.2, -0.15) is 0 Å². The minimum absolute atomic E-state index is 0.00875. The molecule has 0 amide bonds. The van der Waals surface area contributed by atoms with Crippen LogP contribution in [-0.2, 0) is 0 Å². The lowest BCUT2D eigenvalue weighted by Gasteiger charge is -2.10. The van der Waals surface area contributed by atoms with E-state index in [1.165, 1.54) is 0 Å². The molecule has 2 heteroatoms. The largest absolute Gasteiger partial charge is 0.399 e. The van der Waals surface area contributed by atoms with Gasteiger partial charge < -0.3 is 5.73 Å². The van der Waals surface area contributed by atoms with Gasteiger partial charge in [-0.1, -0.05) is 60.7 Å². The molecule has 0 radical (unpaired) electrons. The molecular weight excluding hydrogens is 258 g/mol. The summed E-state index contributed by atoms with van der Waals surface area (Å²) in [6.07, 6.45) is 0. The molecule has 21 heavy (non-hydrogen) atoms. The molecule has 0 atom stereocenters. The van der Waals surface area contributed by atoms with Crippen LogP contribution in [0.2, 0.25) is 0 Å². The maximum Gasteiger partial charge on any atom is 0.193 e. The summed E-state index contributed by atoms with van der Waals surface area (Å²) in [4.78, 5) is 12.7. The monoisotopic (exact) mass is 273 g/mol. The molecule has 0 fully saturated rings. The van der Waals surface area contributed by atoms with Crippen molar-refractivity contribution in [1.29, 1.82) is 0 Å². The van der Waals surface area contributed by atoms with Crippen molar-refractivity contribution >= 4 is 11.5 Å². The molecule has 2 nitrogen and oxygen atoms in total. The first-order chi connectivity index (χ1) is 10.3. The summed E-state index contributed by atoms with van der Waals surface area (Å²) in [5.41, 5.74) is 9.75. The Morgan fingerprint density at radius 1 is 0.762 bits per heavy atom. The highest BCUT2D eigenvalue weighted by Gasteiger charge is 2.14. The molecule has 0 bridgehead atoms. The van der Waals surface area contributed by atoms with Crippen LogP contribution in [0, 0.1) is 0 Å². The Hall–Kier alpha value is -2.87. The van der Waals surface area contributed by atoms with Crippen LogP contribution in [0.25, 0.3) is 11.1 Å². The van der Waals surface area contributed by atoms with Gasteiger partial charge in [0.15, 0.2) is 5.78 Å². The molecule has 2 N–H and O–H groups in total. The number of nitrogens with two attached hydrogens (primary N) is 1. The van der Waals surface area contributed by atoms with E-state index in [2.05, 4.69) is 0 Å². The van der Waals surface area contributed by atoms with E-state index in [1.807, 2.05) is 66.7 Å². The number of carbonyl (C=O) groups excluding carboxylic acids is 1. The van der Waals surface area contributed by atoms with Gasteiger partial charge in [-0.05, 0) is 29.3 Å². The molecule has 0 aliphatic carbocycles. The van der Waals surface area contributed by atoms with Crippen molar-refractivity contribution in [3.05, 3.63) is 90.0 Å². The number of hydrogen-bond donors (Lipinski definition) is 1. The fourth-order valence-electron chi connectivity index (χ4n) is 2.36. The number of rotatable bonds is 3. The van der Waals surface area contributed by atoms with Crippen LogP contribution < -0.4 is 5.73 Å². The van der Waals surface area contributed by atoms with E-state index in [0.29, 0.717) is 16.8 Å². The third-order valence-electron chi connectivity index (χ3n) is 3.41. The van der Waals surface area contributed by atoms with Gasteiger partial charge in [0.2, 0.25) is 0 Å². The van der Waals surface area contributed by atoms with Crippen molar-refractivity contribution < 1.29 is 4.79 Å². The second-order valence-electron chi connectivity index (χ2n) is 4.87. The predicted octanol–water partition coefficient (Wildman–Crippen LogP) is 4.17. The molecule has 102 valence electrons. The average Bonchev–Trinajstić information content (AvgIpc) is 2.56. The second kappa shape index (κ2) is 5.63. The third-order valence-corrected chi connectivity index (χ3v) is 3.41. The molecule has 3 rings (SSSR count). The van der Waals surface area contributed by atoms with Crippen LogP contribution in [0.15, 0.2) is 78.9 Å². The summed E-state index contributed by atoms with van der Waals surface area (Å²) in [7, 11) is 0. The third kappa shape index (κ3) is 2.70. The van der Waals surface area contributed by atoms with Gasteiger partial charge in [-0.15, -0.1) is 0 Å². The zero-order valence-corrected chi connectivity index (χ0v) is 11.5. The smallest absolute Gasteiger partial charge is 0.193 e. The summed E-state index contributed by atoms with van der Waals surface area (Å²) >= 11 is 0. The van der Waals surface area contributed by atoms with E-state index in [4.69, 9.17) is 5.73 Å². The summed E-state index contributed by atoms with van der Waals surface area (Å²) < 4.78 is 0. The SMILES string of the molecule is Nc1ccc(C(=O)c2ccccc2)c(-c2ccccc2)c1. The first-order valence-electron chi connectivity index (χ1n) is 6.80. The lowest BCUT2D eigenvalue weighted by Crippen LogP contribution is -2.04. The van der Waals surface area contributed by atoms with E-state index in [-0.39, 0.29) is 5.78 Å². The highest BCUT2D eigenvalue weighted by atomic mass is 16.1. The maximum atomic E-state index is 12.7. The number of hydrogen-bond acceptors (Lipinski definition) is 2. The zero-order chi connectivity index (χ0) is 14.7. The van der Waals surface area contributed by atoms with Crippen LogP contribution >= 0.6 is 0 Å². The topological polar surface area (TPSA) is 43.1 Å². The number of ketones is 1. The summed E-state index contributed by atoms with van der Waals surface area (Å²) in [6, 6.07) is 24.5.